The molecule has 0 aliphatic heterocycles. The standard InChI is InChI=1S/C25H26N2O2S/c1-2-3-17-29-23-15-11-20(12-16-23)18-26-27-25(28)22-13-9-21(10-14-22)19-30-24-7-5-4-6-8-24/h4-16,18H,2-3,17,19H2,1H3,(H,27,28)/b26-18+. The van der Waals surface area contributed by atoms with Crippen molar-refractivity contribution >= 4 is 23.9 Å². The van der Waals surface area contributed by atoms with Crippen LogP contribution in [0.25, 0.3) is 0 Å². The number of nitrogens with zero attached hydrogens (tertiary/aromatic N) is 1. The van der Waals surface area contributed by atoms with Gasteiger partial charge in [-0.3, -0.25) is 4.79 Å². The van der Waals surface area contributed by atoms with Crippen LogP contribution in [-0.4, -0.2) is 18.7 Å². The van der Waals surface area contributed by atoms with Gasteiger partial charge in [-0.25, -0.2) is 5.43 Å². The highest BCUT2D eigenvalue weighted by Crippen LogP contribution is 2.22. The normalized spacial score (nSPS) is 10.8. The number of ether oxygens (including phenoxy) is 1. The molecule has 4 nitrogen and oxygen atoms in total. The van der Waals surface area contributed by atoms with E-state index < -0.39 is 0 Å². The third-order valence-electron chi connectivity index (χ3n) is 4.39. The highest BCUT2D eigenvalue weighted by Gasteiger charge is 2.04. The summed E-state index contributed by atoms with van der Waals surface area (Å²) in [5.41, 5.74) is 5.23. The minimum atomic E-state index is -0.229. The topological polar surface area (TPSA) is 50.7 Å². The summed E-state index contributed by atoms with van der Waals surface area (Å²) in [6.07, 6.45) is 3.78. The summed E-state index contributed by atoms with van der Waals surface area (Å²) in [6.45, 7) is 2.86. The number of amides is 1. The Kier molecular flexibility index (Phi) is 8.54. The first-order valence-corrected chi connectivity index (χ1v) is 11.1. The molecule has 154 valence electrons. The maximum atomic E-state index is 12.3. The summed E-state index contributed by atoms with van der Waals surface area (Å²) in [7, 11) is 0. The Morgan fingerprint density at radius 2 is 1.73 bits per heavy atom. The number of thioether (sulfide) groups is 1. The number of hydrogen-bond acceptors (Lipinski definition) is 4. The number of rotatable bonds is 10. The molecular formula is C25H26N2O2S. The molecule has 0 atom stereocenters. The fourth-order valence-electron chi connectivity index (χ4n) is 2.65. The maximum Gasteiger partial charge on any atom is 0.271 e. The van der Waals surface area contributed by atoms with Crippen molar-refractivity contribution in [3.63, 3.8) is 0 Å². The zero-order valence-electron chi connectivity index (χ0n) is 17.1. The molecule has 0 aromatic heterocycles. The van der Waals surface area contributed by atoms with E-state index in [2.05, 4.69) is 29.6 Å². The third kappa shape index (κ3) is 7.08. The first-order valence-electron chi connectivity index (χ1n) is 10.1. The highest BCUT2D eigenvalue weighted by molar-refractivity contribution is 7.98. The third-order valence-corrected chi connectivity index (χ3v) is 5.47. The Bertz CT molecular complexity index is 939. The molecule has 1 N–H and O–H groups in total. The predicted molar refractivity (Wildman–Crippen MR) is 124 cm³/mol. The number of hydrazone groups is 1. The van der Waals surface area contributed by atoms with E-state index in [1.807, 2.05) is 66.7 Å². The zero-order valence-corrected chi connectivity index (χ0v) is 17.9. The van der Waals surface area contributed by atoms with Crippen LogP contribution in [-0.2, 0) is 5.75 Å². The summed E-state index contributed by atoms with van der Waals surface area (Å²) in [5, 5.41) is 4.05. The first kappa shape index (κ1) is 21.7. The van der Waals surface area contributed by atoms with Crippen LogP contribution >= 0.6 is 11.8 Å². The Morgan fingerprint density at radius 3 is 2.43 bits per heavy atom. The van der Waals surface area contributed by atoms with Crippen molar-refractivity contribution in [1.82, 2.24) is 5.43 Å². The number of hydrogen-bond donors (Lipinski definition) is 1. The number of unbranched alkanes of at least 4 members (excludes halogenated alkanes) is 1. The minimum Gasteiger partial charge on any atom is -0.494 e. The van der Waals surface area contributed by atoms with E-state index in [0.717, 1.165) is 36.5 Å². The van der Waals surface area contributed by atoms with Gasteiger partial charge in [-0.15, -0.1) is 11.8 Å². The zero-order chi connectivity index (χ0) is 21.0. The summed E-state index contributed by atoms with van der Waals surface area (Å²) in [4.78, 5) is 13.5. The van der Waals surface area contributed by atoms with Crippen LogP contribution in [0, 0.1) is 0 Å². The molecule has 3 aromatic carbocycles. The summed E-state index contributed by atoms with van der Waals surface area (Å²) >= 11 is 1.77. The summed E-state index contributed by atoms with van der Waals surface area (Å²) in [5.74, 6) is 1.48. The van der Waals surface area contributed by atoms with Gasteiger partial charge in [0.15, 0.2) is 0 Å². The van der Waals surface area contributed by atoms with Crippen molar-refractivity contribution in [1.29, 1.82) is 0 Å². The Balaban J connectivity index is 1.46. The van der Waals surface area contributed by atoms with Crippen molar-refractivity contribution < 1.29 is 9.53 Å². The van der Waals surface area contributed by atoms with Crippen molar-refractivity contribution in [3.8, 4) is 5.75 Å². The lowest BCUT2D eigenvalue weighted by Crippen LogP contribution is -2.17. The Morgan fingerprint density at radius 1 is 1.00 bits per heavy atom. The van der Waals surface area contributed by atoms with Gasteiger partial charge in [0.25, 0.3) is 5.91 Å². The molecule has 3 rings (SSSR count). The molecule has 0 aliphatic rings. The number of nitrogens with one attached hydrogen (secondary N) is 1. The SMILES string of the molecule is CCCCOc1ccc(/C=N/NC(=O)c2ccc(CSc3ccccc3)cc2)cc1. The van der Waals surface area contributed by atoms with Gasteiger partial charge in [0.05, 0.1) is 12.8 Å². The van der Waals surface area contributed by atoms with Crippen LogP contribution in [0.5, 0.6) is 5.75 Å². The monoisotopic (exact) mass is 418 g/mol. The lowest BCUT2D eigenvalue weighted by molar-refractivity contribution is 0.0955. The van der Waals surface area contributed by atoms with Gasteiger partial charge >= 0.3 is 0 Å². The number of carbonyl (C=O) groups is 1. The van der Waals surface area contributed by atoms with Crippen molar-refractivity contribution in [2.75, 3.05) is 6.61 Å². The van der Waals surface area contributed by atoms with Gasteiger partial charge in [0, 0.05) is 16.2 Å². The first-order chi connectivity index (χ1) is 14.7. The lowest BCUT2D eigenvalue weighted by atomic mass is 10.1. The molecule has 1 amide bonds. The van der Waals surface area contributed by atoms with Gasteiger partial charge in [-0.1, -0.05) is 43.7 Å². The molecular weight excluding hydrogens is 392 g/mol. The average Bonchev–Trinajstić information content (AvgIpc) is 2.80. The van der Waals surface area contributed by atoms with Crippen molar-refractivity contribution in [2.24, 2.45) is 5.10 Å². The van der Waals surface area contributed by atoms with Crippen LogP contribution in [0.15, 0.2) is 88.9 Å². The van der Waals surface area contributed by atoms with Gasteiger partial charge in [-0.05, 0) is 66.1 Å². The quantitative estimate of drug-likeness (QED) is 0.192. The molecule has 0 bridgehead atoms. The molecule has 0 unspecified atom stereocenters. The fraction of sp³-hybridized carbons (Fsp3) is 0.200. The predicted octanol–water partition coefficient (Wildman–Crippen LogP) is 5.92. The molecule has 0 saturated carbocycles. The van der Waals surface area contributed by atoms with Crippen LogP contribution in [0.4, 0.5) is 0 Å². The molecule has 5 heteroatoms. The number of benzene rings is 3. The largest absolute Gasteiger partial charge is 0.494 e. The van der Waals surface area contributed by atoms with Crippen LogP contribution in [0.3, 0.4) is 0 Å². The maximum absolute atomic E-state index is 12.3. The van der Waals surface area contributed by atoms with E-state index in [9.17, 15) is 4.79 Å². The summed E-state index contributed by atoms with van der Waals surface area (Å²) in [6, 6.07) is 25.5. The summed E-state index contributed by atoms with van der Waals surface area (Å²) < 4.78 is 5.64. The molecule has 0 spiro atoms. The van der Waals surface area contributed by atoms with Gasteiger partial charge < -0.3 is 4.74 Å². The molecule has 3 aromatic rings. The minimum absolute atomic E-state index is 0.229. The average molecular weight is 419 g/mol. The van der Waals surface area contributed by atoms with E-state index in [1.54, 1.807) is 18.0 Å². The van der Waals surface area contributed by atoms with Crippen LogP contribution in [0.1, 0.15) is 41.3 Å². The fourth-order valence-corrected chi connectivity index (χ4v) is 3.53. The van der Waals surface area contributed by atoms with Crippen LogP contribution in [0.2, 0.25) is 0 Å². The smallest absolute Gasteiger partial charge is 0.271 e. The Labute approximate surface area is 182 Å². The van der Waals surface area contributed by atoms with Gasteiger partial charge in [0.1, 0.15) is 5.75 Å². The van der Waals surface area contributed by atoms with Crippen molar-refractivity contribution in [2.45, 2.75) is 30.4 Å². The molecule has 0 radical (unpaired) electrons. The van der Waals surface area contributed by atoms with Gasteiger partial charge in [-0.2, -0.15) is 5.10 Å². The molecule has 0 heterocycles. The number of carbonyl (C=O) groups excluding carboxylic acids is 1. The van der Waals surface area contributed by atoms with Crippen LogP contribution < -0.4 is 10.2 Å². The Hall–Kier alpha value is -3.05. The molecule has 0 saturated heterocycles. The molecule has 30 heavy (non-hydrogen) atoms. The van der Waals surface area contributed by atoms with E-state index in [1.165, 1.54) is 10.5 Å². The van der Waals surface area contributed by atoms with E-state index in [0.29, 0.717) is 5.56 Å². The molecule has 0 fully saturated rings. The van der Waals surface area contributed by atoms with E-state index in [-0.39, 0.29) is 5.91 Å². The van der Waals surface area contributed by atoms with E-state index >= 15 is 0 Å². The highest BCUT2D eigenvalue weighted by atomic mass is 32.2. The van der Waals surface area contributed by atoms with Gasteiger partial charge in [0.2, 0.25) is 0 Å². The lowest BCUT2D eigenvalue weighted by Gasteiger charge is -2.05. The van der Waals surface area contributed by atoms with E-state index in [4.69, 9.17) is 4.74 Å². The van der Waals surface area contributed by atoms with Crippen molar-refractivity contribution in [3.05, 3.63) is 95.6 Å². The second-order valence-electron chi connectivity index (χ2n) is 6.77. The second kappa shape index (κ2) is 11.8. The molecule has 0 aliphatic carbocycles. The second-order valence-corrected chi connectivity index (χ2v) is 7.82.